The molecule has 3 aliphatic carbocycles. The summed E-state index contributed by atoms with van der Waals surface area (Å²) in [6.07, 6.45) is 8.33. The van der Waals surface area contributed by atoms with E-state index < -0.39 is 0 Å². The Labute approximate surface area is 130 Å². The lowest BCUT2D eigenvalue weighted by Gasteiger charge is -2.64. The molecule has 3 heteroatoms. The van der Waals surface area contributed by atoms with Crippen LogP contribution in [0, 0.1) is 0 Å². The molecule has 0 N–H and O–H groups in total. The molecule has 0 bridgehead atoms. The summed E-state index contributed by atoms with van der Waals surface area (Å²) < 4.78 is 0. The number of hydrogen-bond acceptors (Lipinski definition) is 3. The van der Waals surface area contributed by atoms with Crippen molar-refractivity contribution in [2.24, 2.45) is 0 Å². The van der Waals surface area contributed by atoms with Crippen molar-refractivity contribution < 1.29 is 0 Å². The summed E-state index contributed by atoms with van der Waals surface area (Å²) in [5.41, 5.74) is 1.17. The van der Waals surface area contributed by atoms with Gasteiger partial charge in [-0.05, 0) is 80.1 Å². The van der Waals surface area contributed by atoms with Gasteiger partial charge in [-0.1, -0.05) is 0 Å². The van der Waals surface area contributed by atoms with E-state index in [0.717, 1.165) is 0 Å². The van der Waals surface area contributed by atoms with Crippen LogP contribution in [0.4, 0.5) is 0 Å². The zero-order valence-corrected chi connectivity index (χ0v) is 14.8. The first-order valence-electron chi connectivity index (χ1n) is 9.20. The second kappa shape index (κ2) is 4.04. The number of rotatable bonds is 3. The minimum absolute atomic E-state index is 0.390. The first-order valence-corrected chi connectivity index (χ1v) is 9.20. The van der Waals surface area contributed by atoms with E-state index in [1.807, 2.05) is 0 Å². The average molecular weight is 291 g/mol. The SMILES string of the molecule is CC(C)N1C2(CC2)N(C(C)C)C2(CC2)N(C(C)C)C12CC2. The summed E-state index contributed by atoms with van der Waals surface area (Å²) in [6.45, 7) is 14.5. The minimum Gasteiger partial charge on any atom is -0.264 e. The van der Waals surface area contributed by atoms with E-state index in [0.29, 0.717) is 35.1 Å². The molecule has 21 heavy (non-hydrogen) atoms. The standard InChI is InChI=1S/C18H33N3/c1-13(2)19-16(7-8-16)20(14(3)4)18(11-12-18)21(15(5)6)17(19)9-10-17/h13-15H,7-12H2,1-6H3. The normalized spacial score (nSPS) is 33.0. The number of hydrogen-bond donors (Lipinski definition) is 0. The summed E-state index contributed by atoms with van der Waals surface area (Å²) in [4.78, 5) is 8.80. The third-order valence-electron chi connectivity index (χ3n) is 6.33. The smallest absolute Gasteiger partial charge is 0.0774 e. The largest absolute Gasteiger partial charge is 0.264 e. The lowest BCUT2D eigenvalue weighted by atomic mass is 10.0. The number of nitrogens with zero attached hydrogens (tertiary/aromatic N) is 3. The first-order chi connectivity index (χ1) is 9.82. The highest BCUT2D eigenvalue weighted by Gasteiger charge is 2.78. The molecule has 4 rings (SSSR count). The summed E-state index contributed by atoms with van der Waals surface area (Å²) in [5, 5.41) is 0. The van der Waals surface area contributed by atoms with Crippen LogP contribution < -0.4 is 0 Å². The molecule has 0 atom stereocenters. The predicted octanol–water partition coefficient (Wildman–Crippen LogP) is 3.60. The molecule has 0 aromatic carbocycles. The van der Waals surface area contributed by atoms with Gasteiger partial charge in [0.05, 0.1) is 17.0 Å². The Bertz CT molecular complexity index is 357. The van der Waals surface area contributed by atoms with Crippen LogP contribution in [-0.2, 0) is 0 Å². The Morgan fingerprint density at radius 1 is 0.476 bits per heavy atom. The van der Waals surface area contributed by atoms with Crippen molar-refractivity contribution in [3.05, 3.63) is 0 Å². The summed E-state index contributed by atoms with van der Waals surface area (Å²) in [6, 6.07) is 1.94. The van der Waals surface area contributed by atoms with Crippen LogP contribution in [0.3, 0.4) is 0 Å². The van der Waals surface area contributed by atoms with Crippen LogP contribution in [-0.4, -0.2) is 49.8 Å². The van der Waals surface area contributed by atoms with Crippen molar-refractivity contribution in [1.29, 1.82) is 0 Å². The lowest BCUT2D eigenvalue weighted by Crippen LogP contribution is -2.78. The molecule has 0 unspecified atom stereocenters. The Hall–Kier alpha value is -0.120. The van der Waals surface area contributed by atoms with Gasteiger partial charge >= 0.3 is 0 Å². The molecular formula is C18H33N3. The second-order valence-electron chi connectivity index (χ2n) is 8.84. The summed E-state index contributed by atoms with van der Waals surface area (Å²) >= 11 is 0. The third-order valence-corrected chi connectivity index (χ3v) is 6.33. The highest BCUT2D eigenvalue weighted by molar-refractivity contribution is 5.27. The van der Waals surface area contributed by atoms with Crippen LogP contribution in [0.1, 0.15) is 80.1 Å². The Balaban J connectivity index is 1.84. The maximum Gasteiger partial charge on any atom is 0.0774 e. The van der Waals surface area contributed by atoms with Crippen molar-refractivity contribution in [1.82, 2.24) is 14.7 Å². The molecule has 3 saturated carbocycles. The minimum atomic E-state index is 0.390. The third kappa shape index (κ3) is 1.61. The van der Waals surface area contributed by atoms with E-state index in [4.69, 9.17) is 0 Å². The fourth-order valence-electron chi connectivity index (χ4n) is 6.17. The zero-order valence-electron chi connectivity index (χ0n) is 14.8. The van der Waals surface area contributed by atoms with Crippen molar-refractivity contribution in [3.63, 3.8) is 0 Å². The highest BCUT2D eigenvalue weighted by atomic mass is 15.7. The van der Waals surface area contributed by atoms with Crippen molar-refractivity contribution in [3.8, 4) is 0 Å². The Kier molecular flexibility index (Phi) is 2.78. The quantitative estimate of drug-likeness (QED) is 0.786. The molecular weight excluding hydrogens is 258 g/mol. The molecule has 0 radical (unpaired) electrons. The Morgan fingerprint density at radius 2 is 0.667 bits per heavy atom. The highest BCUT2D eigenvalue weighted by Crippen LogP contribution is 2.69. The van der Waals surface area contributed by atoms with Crippen LogP contribution in [0.25, 0.3) is 0 Å². The van der Waals surface area contributed by atoms with Gasteiger partial charge in [-0.3, -0.25) is 14.7 Å². The van der Waals surface area contributed by atoms with E-state index in [1.165, 1.54) is 38.5 Å². The molecule has 4 aliphatic rings. The van der Waals surface area contributed by atoms with E-state index in [2.05, 4.69) is 56.2 Å². The fraction of sp³-hybridized carbons (Fsp3) is 1.00. The van der Waals surface area contributed by atoms with Gasteiger partial charge < -0.3 is 0 Å². The maximum atomic E-state index is 2.93. The maximum absolute atomic E-state index is 2.93. The average Bonchev–Trinajstić information content (AvgIpc) is 3.16. The van der Waals surface area contributed by atoms with E-state index in [-0.39, 0.29) is 0 Å². The monoisotopic (exact) mass is 291 g/mol. The lowest BCUT2D eigenvalue weighted by molar-refractivity contribution is -0.242. The second-order valence-corrected chi connectivity index (χ2v) is 8.84. The summed E-state index contributed by atoms with van der Waals surface area (Å²) in [7, 11) is 0. The van der Waals surface area contributed by atoms with Crippen molar-refractivity contribution in [2.75, 3.05) is 0 Å². The topological polar surface area (TPSA) is 9.72 Å². The van der Waals surface area contributed by atoms with Crippen LogP contribution in [0.15, 0.2) is 0 Å². The van der Waals surface area contributed by atoms with Crippen molar-refractivity contribution >= 4 is 0 Å². The van der Waals surface area contributed by atoms with Gasteiger partial charge in [-0.25, -0.2) is 0 Å². The molecule has 0 aromatic heterocycles. The van der Waals surface area contributed by atoms with Gasteiger partial charge in [0.15, 0.2) is 0 Å². The van der Waals surface area contributed by atoms with Crippen molar-refractivity contribution in [2.45, 2.75) is 115 Å². The van der Waals surface area contributed by atoms with Gasteiger partial charge in [0.25, 0.3) is 0 Å². The van der Waals surface area contributed by atoms with E-state index >= 15 is 0 Å². The molecule has 3 spiro atoms. The molecule has 1 aliphatic heterocycles. The molecule has 1 saturated heterocycles. The summed E-state index contributed by atoms with van der Waals surface area (Å²) in [5.74, 6) is 0. The van der Waals surface area contributed by atoms with Gasteiger partial charge in [0.1, 0.15) is 0 Å². The zero-order chi connectivity index (χ0) is 15.2. The van der Waals surface area contributed by atoms with Gasteiger partial charge in [0, 0.05) is 18.1 Å². The molecule has 3 nitrogen and oxygen atoms in total. The van der Waals surface area contributed by atoms with Gasteiger partial charge in [0.2, 0.25) is 0 Å². The fourth-order valence-corrected chi connectivity index (χ4v) is 6.17. The Morgan fingerprint density at radius 3 is 0.762 bits per heavy atom. The molecule has 0 aromatic rings. The van der Waals surface area contributed by atoms with Gasteiger partial charge in [-0.15, -0.1) is 0 Å². The first kappa shape index (κ1) is 14.5. The van der Waals surface area contributed by atoms with E-state index in [1.54, 1.807) is 0 Å². The van der Waals surface area contributed by atoms with E-state index in [9.17, 15) is 0 Å². The van der Waals surface area contributed by atoms with Crippen LogP contribution >= 0.6 is 0 Å². The predicted molar refractivity (Wildman–Crippen MR) is 86.8 cm³/mol. The molecule has 0 amide bonds. The van der Waals surface area contributed by atoms with Gasteiger partial charge in [-0.2, -0.15) is 0 Å². The van der Waals surface area contributed by atoms with Crippen LogP contribution in [0.5, 0.6) is 0 Å². The molecule has 4 fully saturated rings. The molecule has 1 heterocycles. The van der Waals surface area contributed by atoms with Crippen LogP contribution in [0.2, 0.25) is 0 Å². The molecule has 120 valence electrons.